The zero-order chi connectivity index (χ0) is 38.3. The smallest absolute Gasteiger partial charge is 0.193 e. The summed E-state index contributed by atoms with van der Waals surface area (Å²) in [7, 11) is 0.945. The van der Waals surface area contributed by atoms with Crippen molar-refractivity contribution in [2.24, 2.45) is 5.41 Å². The molecule has 1 N–H and O–H groups in total. The number of hydrogen-bond acceptors (Lipinski definition) is 1. The summed E-state index contributed by atoms with van der Waals surface area (Å²) in [6, 6.07) is 48.5. The molecule has 1 saturated carbocycles. The lowest BCUT2D eigenvalue weighted by Crippen LogP contribution is -2.47. The Morgan fingerprint density at radius 3 is 1.96 bits per heavy atom. The van der Waals surface area contributed by atoms with Crippen molar-refractivity contribution in [2.75, 3.05) is 5.32 Å². The number of nitrogens with one attached hydrogen (secondary N) is 1. The molecule has 0 radical (unpaired) electrons. The van der Waals surface area contributed by atoms with Crippen molar-refractivity contribution >= 4 is 29.6 Å². The molecule has 1 nitrogen and oxygen atoms in total. The quantitative estimate of drug-likeness (QED) is 0.179. The molecule has 2 unspecified atom stereocenters. The lowest BCUT2D eigenvalue weighted by molar-refractivity contribution is 0.108. The van der Waals surface area contributed by atoms with Crippen molar-refractivity contribution in [2.45, 2.75) is 103 Å². The van der Waals surface area contributed by atoms with E-state index in [1.165, 1.54) is 92.4 Å². The fraction of sp³-hybridized carbons (Fsp3) is 0.321. The molecule has 6 aromatic rings. The number of benzene rings is 6. The third-order valence-corrected chi connectivity index (χ3v) is 14.4. The van der Waals surface area contributed by atoms with Gasteiger partial charge in [0.1, 0.15) is 0 Å². The van der Waals surface area contributed by atoms with E-state index in [9.17, 15) is 0 Å². The Hall–Kier alpha value is -4.82. The molecule has 2 atom stereocenters. The zero-order valence-electron chi connectivity index (χ0n) is 34.2. The Balaban J connectivity index is 1.30. The number of rotatable bonds is 4. The highest BCUT2D eigenvalue weighted by Gasteiger charge is 2.48. The van der Waals surface area contributed by atoms with Crippen molar-refractivity contribution in [3.8, 4) is 11.1 Å². The second-order valence-electron chi connectivity index (χ2n) is 18.9. The first-order valence-electron chi connectivity index (χ1n) is 20.8. The summed E-state index contributed by atoms with van der Waals surface area (Å²) in [5.74, 6) is 0.303. The molecule has 0 saturated heterocycles. The van der Waals surface area contributed by atoms with Crippen LogP contribution in [-0.2, 0) is 16.2 Å². The molecule has 276 valence electrons. The van der Waals surface area contributed by atoms with Crippen LogP contribution in [0.25, 0.3) is 11.1 Å². The molecule has 6 aromatic carbocycles. The summed E-state index contributed by atoms with van der Waals surface area (Å²) < 4.78 is 0. The first-order chi connectivity index (χ1) is 26.3. The van der Waals surface area contributed by atoms with Crippen molar-refractivity contribution in [1.82, 2.24) is 0 Å². The van der Waals surface area contributed by atoms with E-state index in [2.05, 4.69) is 188 Å². The highest BCUT2D eigenvalue weighted by Crippen LogP contribution is 2.57. The van der Waals surface area contributed by atoms with Gasteiger partial charge >= 0.3 is 0 Å². The van der Waals surface area contributed by atoms with E-state index in [1.807, 2.05) is 0 Å². The third-order valence-electron chi connectivity index (χ3n) is 14.4. The first kappa shape index (κ1) is 35.9. The van der Waals surface area contributed by atoms with E-state index in [4.69, 9.17) is 0 Å². The van der Waals surface area contributed by atoms with Gasteiger partial charge in [0, 0.05) is 17.2 Å². The fourth-order valence-electron chi connectivity index (χ4n) is 11.0. The molecule has 0 amide bonds. The number of aryl methyl sites for hydroxylation is 1. The van der Waals surface area contributed by atoms with Crippen LogP contribution in [0.2, 0.25) is 0 Å². The van der Waals surface area contributed by atoms with Crippen molar-refractivity contribution < 1.29 is 0 Å². The SMILES string of the molecule is Cc1cc(-c2cccc3c2Nc2ccccc2C3(c2ccccc2)c2ccccc2)c2c(c1)C(C)c1c(cc(C(C)(C)C)cc1C1(C)CCCCC1(C)C)B2. The largest absolute Gasteiger partial charge is 0.354 e. The molecule has 0 spiro atoms. The molecule has 0 aromatic heterocycles. The molecule has 2 heteroatoms. The van der Waals surface area contributed by atoms with E-state index >= 15 is 0 Å². The first-order valence-corrected chi connectivity index (χ1v) is 20.8. The molecular weight excluding hydrogens is 661 g/mol. The van der Waals surface area contributed by atoms with Crippen molar-refractivity contribution in [3.05, 3.63) is 177 Å². The minimum atomic E-state index is -0.488. The van der Waals surface area contributed by atoms with Crippen LogP contribution in [0.1, 0.15) is 130 Å². The summed E-state index contributed by atoms with van der Waals surface area (Å²) in [5, 5.41) is 4.05. The lowest BCUT2D eigenvalue weighted by atomic mass is 9.48. The van der Waals surface area contributed by atoms with E-state index in [0.29, 0.717) is 5.92 Å². The Bertz CT molecular complexity index is 2390. The van der Waals surface area contributed by atoms with Gasteiger partial charge in [-0.25, -0.2) is 0 Å². The summed E-state index contributed by atoms with van der Waals surface area (Å²) in [6.07, 6.45) is 5.19. The van der Waals surface area contributed by atoms with Crippen LogP contribution in [0.4, 0.5) is 11.4 Å². The standard InChI is InChI=1S/C53H56BN/c1-34-30-40-35(2)47-44(52(8)29-18-17-28-51(52,6)7)32-38(50(3,4)5)33-45(47)54-48(40)41(31-34)39-24-19-26-43-49(39)55-46-27-16-15-25-42(46)53(43,36-20-11-9-12-21-36)37-22-13-10-14-23-37/h9-16,19-27,30-33,35,54-55H,17-18,28-29H2,1-8H3. The maximum Gasteiger partial charge on any atom is 0.193 e. The predicted molar refractivity (Wildman–Crippen MR) is 237 cm³/mol. The maximum absolute atomic E-state index is 4.05. The third kappa shape index (κ3) is 5.42. The Kier molecular flexibility index (Phi) is 8.39. The molecule has 1 fully saturated rings. The number of anilines is 2. The normalized spacial score (nSPS) is 20.5. The Morgan fingerprint density at radius 2 is 1.29 bits per heavy atom. The number of para-hydroxylation sites is 2. The van der Waals surface area contributed by atoms with Crippen LogP contribution in [0.3, 0.4) is 0 Å². The van der Waals surface area contributed by atoms with E-state index in [0.717, 1.165) is 13.0 Å². The fourth-order valence-corrected chi connectivity index (χ4v) is 11.0. The van der Waals surface area contributed by atoms with Crippen LogP contribution in [0.15, 0.2) is 127 Å². The van der Waals surface area contributed by atoms with Gasteiger partial charge in [-0.1, -0.05) is 199 Å². The molecule has 2 heterocycles. The molecular formula is C53H56BN. The molecule has 1 aliphatic carbocycles. The molecule has 9 rings (SSSR count). The Labute approximate surface area is 330 Å². The van der Waals surface area contributed by atoms with Crippen molar-refractivity contribution in [1.29, 1.82) is 0 Å². The lowest BCUT2D eigenvalue weighted by Gasteiger charge is -2.51. The van der Waals surface area contributed by atoms with Gasteiger partial charge in [-0.3, -0.25) is 0 Å². The van der Waals surface area contributed by atoms with Gasteiger partial charge in [-0.2, -0.15) is 0 Å². The topological polar surface area (TPSA) is 12.0 Å². The average molecular weight is 718 g/mol. The minimum absolute atomic E-state index is 0.0621. The van der Waals surface area contributed by atoms with Gasteiger partial charge < -0.3 is 5.32 Å². The molecule has 0 bridgehead atoms. The van der Waals surface area contributed by atoms with E-state index < -0.39 is 5.41 Å². The predicted octanol–water partition coefficient (Wildman–Crippen LogP) is 12.1. The van der Waals surface area contributed by atoms with Crippen molar-refractivity contribution in [3.63, 3.8) is 0 Å². The van der Waals surface area contributed by atoms with Gasteiger partial charge in [-0.05, 0) is 92.1 Å². The zero-order valence-corrected chi connectivity index (χ0v) is 34.2. The van der Waals surface area contributed by atoms with Gasteiger partial charge in [0.15, 0.2) is 7.28 Å². The summed E-state index contributed by atoms with van der Waals surface area (Å²) >= 11 is 0. The minimum Gasteiger partial charge on any atom is -0.354 e. The molecule has 2 aliphatic heterocycles. The van der Waals surface area contributed by atoms with Crippen LogP contribution in [0.5, 0.6) is 0 Å². The molecule has 55 heavy (non-hydrogen) atoms. The van der Waals surface area contributed by atoms with Crippen LogP contribution >= 0.6 is 0 Å². The molecule has 3 aliphatic rings. The summed E-state index contributed by atoms with van der Waals surface area (Å²) in [6.45, 7) is 19.7. The van der Waals surface area contributed by atoms with Gasteiger partial charge in [0.05, 0.1) is 11.1 Å². The highest BCUT2D eigenvalue weighted by atomic mass is 14.9. The van der Waals surface area contributed by atoms with Gasteiger partial charge in [-0.15, -0.1) is 0 Å². The van der Waals surface area contributed by atoms with Crippen LogP contribution in [0, 0.1) is 12.3 Å². The second-order valence-corrected chi connectivity index (χ2v) is 18.9. The maximum atomic E-state index is 4.05. The average Bonchev–Trinajstić information content (AvgIpc) is 3.18. The second kappa shape index (κ2) is 12.9. The monoisotopic (exact) mass is 717 g/mol. The summed E-state index contributed by atoms with van der Waals surface area (Å²) in [5.41, 5.74) is 20.6. The van der Waals surface area contributed by atoms with Gasteiger partial charge in [0.25, 0.3) is 0 Å². The van der Waals surface area contributed by atoms with E-state index in [-0.39, 0.29) is 16.2 Å². The summed E-state index contributed by atoms with van der Waals surface area (Å²) in [4.78, 5) is 0. The van der Waals surface area contributed by atoms with Crippen LogP contribution < -0.4 is 16.2 Å². The van der Waals surface area contributed by atoms with E-state index in [1.54, 1.807) is 11.1 Å². The number of fused-ring (bicyclic) bond motifs is 4. The highest BCUT2D eigenvalue weighted by molar-refractivity contribution is 6.70. The van der Waals surface area contributed by atoms with Crippen LogP contribution in [-0.4, -0.2) is 7.28 Å². The number of hydrogen-bond donors (Lipinski definition) is 1. The Morgan fingerprint density at radius 1 is 0.655 bits per heavy atom. The van der Waals surface area contributed by atoms with Gasteiger partial charge in [0.2, 0.25) is 0 Å².